The minimum Gasteiger partial charge on any atom is -0.486 e. The van der Waals surface area contributed by atoms with Crippen molar-refractivity contribution >= 4 is 17.7 Å². The molecule has 0 saturated heterocycles. The zero-order valence-corrected chi connectivity index (χ0v) is 16.1. The molecule has 1 aliphatic heterocycles. The molecule has 1 heterocycles. The van der Waals surface area contributed by atoms with E-state index in [-0.39, 0.29) is 17.9 Å². The monoisotopic (exact) mass is 371 g/mol. The van der Waals surface area contributed by atoms with Crippen molar-refractivity contribution in [3.05, 3.63) is 59.7 Å². The molecule has 2 aromatic rings. The van der Waals surface area contributed by atoms with Gasteiger partial charge < -0.3 is 14.8 Å². The molecule has 0 spiro atoms. The summed E-state index contributed by atoms with van der Waals surface area (Å²) in [7, 11) is 0. The van der Waals surface area contributed by atoms with Crippen molar-refractivity contribution in [3.63, 3.8) is 0 Å². The number of thioether (sulfide) groups is 1. The van der Waals surface area contributed by atoms with Gasteiger partial charge in [0.2, 0.25) is 5.91 Å². The van der Waals surface area contributed by atoms with E-state index in [4.69, 9.17) is 9.47 Å². The van der Waals surface area contributed by atoms with E-state index in [1.807, 2.05) is 36.4 Å². The van der Waals surface area contributed by atoms with Crippen LogP contribution in [0.1, 0.15) is 31.0 Å². The molecular weight excluding hydrogens is 346 g/mol. The lowest BCUT2D eigenvalue weighted by Gasteiger charge is -2.25. The van der Waals surface area contributed by atoms with E-state index in [0.717, 1.165) is 22.8 Å². The second-order valence-electron chi connectivity index (χ2n) is 6.67. The number of rotatable bonds is 7. The molecule has 0 fully saturated rings. The first kappa shape index (κ1) is 18.6. The SMILES string of the molecule is CC(C)[C@@H](NC(=O)CSCc1ccccc1)c1ccc2c(c1)OCCO2. The summed E-state index contributed by atoms with van der Waals surface area (Å²) >= 11 is 1.63. The molecule has 1 N–H and O–H groups in total. The highest BCUT2D eigenvalue weighted by Crippen LogP contribution is 2.34. The third-order valence-corrected chi connectivity index (χ3v) is 5.26. The summed E-state index contributed by atoms with van der Waals surface area (Å²) in [6.07, 6.45) is 0. The van der Waals surface area contributed by atoms with Gasteiger partial charge in [-0.2, -0.15) is 0 Å². The number of hydrogen-bond donors (Lipinski definition) is 1. The second kappa shape index (κ2) is 8.99. The van der Waals surface area contributed by atoms with Crippen LogP contribution in [0.25, 0.3) is 0 Å². The van der Waals surface area contributed by atoms with Crippen LogP contribution in [0, 0.1) is 5.92 Å². The number of ether oxygens (including phenoxy) is 2. The lowest BCUT2D eigenvalue weighted by molar-refractivity contribution is -0.119. The van der Waals surface area contributed by atoms with E-state index in [9.17, 15) is 4.79 Å². The fourth-order valence-corrected chi connectivity index (χ4v) is 3.74. The van der Waals surface area contributed by atoms with E-state index in [1.165, 1.54) is 5.56 Å². The Hall–Kier alpha value is -2.14. The first-order valence-corrected chi connectivity index (χ1v) is 10.1. The molecule has 5 heteroatoms. The van der Waals surface area contributed by atoms with Crippen LogP contribution in [0.5, 0.6) is 11.5 Å². The standard InChI is InChI=1S/C21H25NO3S/c1-15(2)21(17-8-9-18-19(12-17)25-11-10-24-18)22-20(23)14-26-13-16-6-4-3-5-7-16/h3-9,12,15,21H,10-11,13-14H2,1-2H3,(H,22,23)/t21-/m1/s1. The third kappa shape index (κ3) is 4.94. The first-order valence-electron chi connectivity index (χ1n) is 8.94. The van der Waals surface area contributed by atoms with Crippen LogP contribution in [-0.2, 0) is 10.5 Å². The van der Waals surface area contributed by atoms with E-state index in [2.05, 4.69) is 31.3 Å². The van der Waals surface area contributed by atoms with Crippen molar-refractivity contribution in [2.75, 3.05) is 19.0 Å². The Balaban J connectivity index is 1.58. The zero-order chi connectivity index (χ0) is 18.4. The van der Waals surface area contributed by atoms with Gasteiger partial charge in [0, 0.05) is 5.75 Å². The zero-order valence-electron chi connectivity index (χ0n) is 15.2. The lowest BCUT2D eigenvalue weighted by Crippen LogP contribution is -2.33. The third-order valence-electron chi connectivity index (χ3n) is 4.25. The number of hydrogen-bond acceptors (Lipinski definition) is 4. The quantitative estimate of drug-likeness (QED) is 0.792. The Bertz CT molecular complexity index is 733. The summed E-state index contributed by atoms with van der Waals surface area (Å²) in [5.74, 6) is 3.15. The fourth-order valence-electron chi connectivity index (χ4n) is 2.94. The summed E-state index contributed by atoms with van der Waals surface area (Å²) in [6.45, 7) is 5.36. The Labute approximate surface area is 159 Å². The molecule has 0 aliphatic carbocycles. The highest BCUT2D eigenvalue weighted by atomic mass is 32.2. The lowest BCUT2D eigenvalue weighted by atomic mass is 9.95. The van der Waals surface area contributed by atoms with Crippen LogP contribution in [0.15, 0.2) is 48.5 Å². The van der Waals surface area contributed by atoms with Crippen LogP contribution in [0.3, 0.4) is 0 Å². The molecule has 1 atom stereocenters. The summed E-state index contributed by atoms with van der Waals surface area (Å²) in [5.41, 5.74) is 2.28. The predicted octanol–water partition coefficient (Wildman–Crippen LogP) is 4.20. The number of benzene rings is 2. The van der Waals surface area contributed by atoms with Crippen molar-refractivity contribution in [2.24, 2.45) is 5.92 Å². The summed E-state index contributed by atoms with van der Waals surface area (Å²) in [4.78, 5) is 12.4. The molecule has 0 aromatic heterocycles. The van der Waals surface area contributed by atoms with Gasteiger partial charge in [-0.05, 0) is 29.2 Å². The molecule has 2 aromatic carbocycles. The number of carbonyl (C=O) groups is 1. The maximum atomic E-state index is 12.4. The van der Waals surface area contributed by atoms with Crippen molar-refractivity contribution in [1.29, 1.82) is 0 Å². The van der Waals surface area contributed by atoms with Crippen molar-refractivity contribution < 1.29 is 14.3 Å². The minimum absolute atomic E-state index is 0.0457. The molecule has 26 heavy (non-hydrogen) atoms. The molecule has 0 bridgehead atoms. The number of nitrogens with one attached hydrogen (secondary N) is 1. The maximum absolute atomic E-state index is 12.4. The molecule has 0 radical (unpaired) electrons. The van der Waals surface area contributed by atoms with Gasteiger partial charge in [0.1, 0.15) is 13.2 Å². The maximum Gasteiger partial charge on any atom is 0.230 e. The van der Waals surface area contributed by atoms with E-state index in [1.54, 1.807) is 11.8 Å². The summed E-state index contributed by atoms with van der Waals surface area (Å²) < 4.78 is 11.3. The Kier molecular flexibility index (Phi) is 6.45. The van der Waals surface area contributed by atoms with Gasteiger partial charge in [-0.1, -0.05) is 50.2 Å². The van der Waals surface area contributed by atoms with Crippen LogP contribution in [-0.4, -0.2) is 24.9 Å². The average Bonchev–Trinajstić information content (AvgIpc) is 2.66. The smallest absolute Gasteiger partial charge is 0.230 e. The molecule has 3 rings (SSSR count). The predicted molar refractivity (Wildman–Crippen MR) is 106 cm³/mol. The second-order valence-corrected chi connectivity index (χ2v) is 7.66. The summed E-state index contributed by atoms with van der Waals surface area (Å²) in [6, 6.07) is 16.1. The van der Waals surface area contributed by atoms with Crippen LogP contribution >= 0.6 is 11.8 Å². The minimum atomic E-state index is -0.0457. The van der Waals surface area contributed by atoms with E-state index < -0.39 is 0 Å². The van der Waals surface area contributed by atoms with Crippen LogP contribution in [0.4, 0.5) is 0 Å². The largest absolute Gasteiger partial charge is 0.486 e. The van der Waals surface area contributed by atoms with Gasteiger partial charge in [-0.15, -0.1) is 11.8 Å². The fraction of sp³-hybridized carbons (Fsp3) is 0.381. The topological polar surface area (TPSA) is 47.6 Å². The highest BCUT2D eigenvalue weighted by Gasteiger charge is 2.21. The summed E-state index contributed by atoms with van der Waals surface area (Å²) in [5, 5.41) is 3.17. The molecule has 0 saturated carbocycles. The van der Waals surface area contributed by atoms with Gasteiger partial charge >= 0.3 is 0 Å². The van der Waals surface area contributed by atoms with Crippen LogP contribution in [0.2, 0.25) is 0 Å². The van der Waals surface area contributed by atoms with Gasteiger partial charge in [0.25, 0.3) is 0 Å². The Morgan fingerprint density at radius 1 is 1.08 bits per heavy atom. The van der Waals surface area contributed by atoms with Gasteiger partial charge in [0.05, 0.1) is 11.8 Å². The molecular formula is C21H25NO3S. The molecule has 1 amide bonds. The normalized spacial score (nSPS) is 14.1. The number of fused-ring (bicyclic) bond motifs is 1. The van der Waals surface area contributed by atoms with Crippen molar-refractivity contribution in [2.45, 2.75) is 25.6 Å². The molecule has 0 unspecified atom stereocenters. The van der Waals surface area contributed by atoms with E-state index >= 15 is 0 Å². The molecule has 138 valence electrons. The van der Waals surface area contributed by atoms with E-state index in [0.29, 0.717) is 19.0 Å². The highest BCUT2D eigenvalue weighted by molar-refractivity contribution is 7.99. The van der Waals surface area contributed by atoms with Gasteiger partial charge in [0.15, 0.2) is 11.5 Å². The number of carbonyl (C=O) groups excluding carboxylic acids is 1. The van der Waals surface area contributed by atoms with Crippen molar-refractivity contribution in [1.82, 2.24) is 5.32 Å². The Morgan fingerprint density at radius 3 is 2.54 bits per heavy atom. The number of amides is 1. The molecule has 4 nitrogen and oxygen atoms in total. The van der Waals surface area contributed by atoms with Gasteiger partial charge in [-0.3, -0.25) is 4.79 Å². The van der Waals surface area contributed by atoms with Crippen LogP contribution < -0.4 is 14.8 Å². The first-order chi connectivity index (χ1) is 12.6. The molecule has 1 aliphatic rings. The van der Waals surface area contributed by atoms with Crippen molar-refractivity contribution in [3.8, 4) is 11.5 Å². The average molecular weight is 372 g/mol. The van der Waals surface area contributed by atoms with Gasteiger partial charge in [-0.25, -0.2) is 0 Å². The Morgan fingerprint density at radius 2 is 1.81 bits per heavy atom.